The highest BCUT2D eigenvalue weighted by molar-refractivity contribution is 6.40. The molecule has 0 aromatic heterocycles. The Morgan fingerprint density at radius 1 is 0.959 bits per heavy atom. The molecule has 11 nitrogen and oxygen atoms in total. The maximum Gasteiger partial charge on any atom is 0.337 e. The summed E-state index contributed by atoms with van der Waals surface area (Å²) in [7, 11) is 0. The molecule has 4 fully saturated rings. The van der Waals surface area contributed by atoms with Crippen molar-refractivity contribution in [1.29, 1.82) is 0 Å². The van der Waals surface area contributed by atoms with Crippen LogP contribution in [0.15, 0.2) is 42.5 Å². The number of carbonyl (C=O) groups excluding carboxylic acids is 1. The minimum Gasteiger partial charge on any atom is -0.478 e. The molecule has 14 heteroatoms. The first-order chi connectivity index (χ1) is 23.1. The van der Waals surface area contributed by atoms with Crippen molar-refractivity contribution in [3.8, 4) is 16.9 Å². The first-order valence-corrected chi connectivity index (χ1v) is 16.9. The maximum absolute atomic E-state index is 15.7. The maximum atomic E-state index is 15.7. The van der Waals surface area contributed by atoms with Gasteiger partial charge in [-0.3, -0.25) is 4.79 Å². The Morgan fingerprint density at radius 2 is 1.63 bits per heavy atom. The van der Waals surface area contributed by atoms with Crippen molar-refractivity contribution in [2.24, 2.45) is 5.92 Å². The topological polar surface area (TPSA) is 133 Å². The van der Waals surface area contributed by atoms with Crippen LogP contribution in [0.1, 0.15) is 46.0 Å². The summed E-state index contributed by atoms with van der Waals surface area (Å²) in [5.74, 6) is -2.10. The molecular formula is C35H36Cl2FN3O8. The first kappa shape index (κ1) is 33.8. The SMILES string of the molecule is CC1COC2(CN(c3cc(Cl)c(C(=O)N4COc5c(cccc5-c5cc(N6C7CCC6COC7)c(C(=O)O)cc5F)C4)c(Cl)c3)C2)OC1.O. The zero-order valence-electron chi connectivity index (χ0n) is 26.7. The Kier molecular flexibility index (Phi) is 8.91. The second-order valence-electron chi connectivity index (χ2n) is 13.3. The number of benzene rings is 3. The molecule has 2 atom stereocenters. The Hall–Kier alpha value is -3.65. The highest BCUT2D eigenvalue weighted by Gasteiger charge is 2.48. The van der Waals surface area contributed by atoms with E-state index in [0.29, 0.717) is 68.0 Å². The standard InChI is InChI=1S/C35H34Cl2FN3O7.H2O/c1-19-12-47-35(48-13-19)16-40(17-35)23-7-27(36)31(28(37)8-23)33(42)39-11-20-3-2-4-24(32(20)46-18-39)25-10-30(26(34(43)44)9-29(25)38)41-21-5-6-22(41)15-45-14-21;/h2-4,7-10,19,21-22H,5-6,11-18H2,1H3,(H,43,44);1H2. The molecule has 3 N–H and O–H groups in total. The molecule has 1 spiro atoms. The van der Waals surface area contributed by atoms with Gasteiger partial charge in [-0.1, -0.05) is 48.3 Å². The van der Waals surface area contributed by atoms with E-state index in [1.807, 2.05) is 11.0 Å². The van der Waals surface area contributed by atoms with Gasteiger partial charge in [0.25, 0.3) is 5.91 Å². The summed E-state index contributed by atoms with van der Waals surface area (Å²) >= 11 is 13.3. The van der Waals surface area contributed by atoms with Crippen LogP contribution in [0.2, 0.25) is 10.0 Å². The lowest BCUT2D eigenvalue weighted by Gasteiger charge is -2.52. The van der Waals surface area contributed by atoms with Gasteiger partial charge in [0.15, 0.2) is 6.73 Å². The zero-order chi connectivity index (χ0) is 33.3. The molecule has 49 heavy (non-hydrogen) atoms. The van der Waals surface area contributed by atoms with Crippen molar-refractivity contribution in [2.75, 3.05) is 56.0 Å². The molecule has 8 rings (SSSR count). The summed E-state index contributed by atoms with van der Waals surface area (Å²) in [5.41, 5.74) is 2.68. The van der Waals surface area contributed by atoms with Crippen LogP contribution in [0.25, 0.3) is 11.1 Å². The minimum absolute atomic E-state index is 0. The fraction of sp³-hybridized carbons (Fsp3) is 0.429. The first-order valence-electron chi connectivity index (χ1n) is 16.1. The van der Waals surface area contributed by atoms with Gasteiger partial charge in [-0.2, -0.15) is 0 Å². The van der Waals surface area contributed by atoms with Crippen molar-refractivity contribution in [2.45, 2.75) is 44.2 Å². The van der Waals surface area contributed by atoms with E-state index in [0.717, 1.165) is 24.6 Å². The number of hydrogen-bond donors (Lipinski definition) is 1. The van der Waals surface area contributed by atoms with Crippen molar-refractivity contribution in [3.05, 3.63) is 75.0 Å². The third-order valence-electron chi connectivity index (χ3n) is 9.97. The average molecular weight is 717 g/mol. The Labute approximate surface area is 292 Å². The van der Waals surface area contributed by atoms with Gasteiger partial charge < -0.3 is 44.2 Å². The van der Waals surface area contributed by atoms with E-state index >= 15 is 4.39 Å². The predicted octanol–water partition coefficient (Wildman–Crippen LogP) is 5.23. The molecule has 3 aromatic carbocycles. The Morgan fingerprint density at radius 3 is 2.29 bits per heavy atom. The van der Waals surface area contributed by atoms with Crippen molar-refractivity contribution < 1.29 is 43.5 Å². The molecule has 5 heterocycles. The third kappa shape index (κ3) is 5.88. The lowest BCUT2D eigenvalue weighted by atomic mass is 9.96. The zero-order valence-corrected chi connectivity index (χ0v) is 28.2. The molecule has 2 unspecified atom stereocenters. The van der Waals surface area contributed by atoms with Gasteiger partial charge in [-0.25, -0.2) is 9.18 Å². The second kappa shape index (κ2) is 12.9. The number of para-hydroxylation sites is 1. The van der Waals surface area contributed by atoms with Gasteiger partial charge in [0.1, 0.15) is 11.6 Å². The molecule has 0 radical (unpaired) electrons. The normalized spacial score (nSPS) is 22.7. The van der Waals surface area contributed by atoms with Crippen molar-refractivity contribution in [1.82, 2.24) is 4.90 Å². The van der Waals surface area contributed by atoms with Crippen molar-refractivity contribution in [3.63, 3.8) is 0 Å². The van der Waals surface area contributed by atoms with E-state index in [2.05, 4.69) is 11.8 Å². The van der Waals surface area contributed by atoms with Crippen LogP contribution in [0, 0.1) is 11.7 Å². The quantitative estimate of drug-likeness (QED) is 0.377. The molecule has 5 aliphatic heterocycles. The molecule has 260 valence electrons. The number of ether oxygens (including phenoxy) is 4. The number of morpholine rings is 1. The van der Waals surface area contributed by atoms with Crippen LogP contribution in [-0.4, -0.2) is 91.5 Å². The summed E-state index contributed by atoms with van der Waals surface area (Å²) in [6.07, 6.45) is 1.76. The number of carboxylic acids is 1. The van der Waals surface area contributed by atoms with E-state index in [1.165, 1.54) is 4.90 Å². The molecule has 3 aromatic rings. The molecule has 4 saturated heterocycles. The monoisotopic (exact) mass is 715 g/mol. The molecule has 0 aliphatic carbocycles. The summed E-state index contributed by atoms with van der Waals surface area (Å²) in [4.78, 5) is 31.6. The predicted molar refractivity (Wildman–Crippen MR) is 180 cm³/mol. The number of carbonyl (C=O) groups is 2. The highest BCUT2D eigenvalue weighted by Crippen LogP contribution is 2.44. The van der Waals surface area contributed by atoms with Crippen LogP contribution in [0.5, 0.6) is 5.75 Å². The highest BCUT2D eigenvalue weighted by atomic mass is 35.5. The van der Waals surface area contributed by atoms with Gasteiger partial charge in [0, 0.05) is 28.3 Å². The lowest BCUT2D eigenvalue weighted by Crippen LogP contribution is -2.67. The fourth-order valence-electron chi connectivity index (χ4n) is 7.47. The molecule has 1 amide bonds. The van der Waals surface area contributed by atoms with Gasteiger partial charge in [-0.15, -0.1) is 0 Å². The number of fused-ring (bicyclic) bond motifs is 3. The average Bonchev–Trinajstić information content (AvgIpc) is 3.29. The second-order valence-corrected chi connectivity index (χ2v) is 14.1. The van der Waals surface area contributed by atoms with Crippen molar-refractivity contribution >= 4 is 46.5 Å². The number of amides is 1. The molecular weight excluding hydrogens is 680 g/mol. The largest absolute Gasteiger partial charge is 0.478 e. The van der Waals surface area contributed by atoms with Gasteiger partial charge in [-0.05, 0) is 37.1 Å². The number of rotatable bonds is 5. The van der Waals surface area contributed by atoms with E-state index in [4.69, 9.17) is 42.1 Å². The number of aromatic carboxylic acids is 1. The van der Waals surface area contributed by atoms with Gasteiger partial charge in [0.2, 0.25) is 5.79 Å². The van der Waals surface area contributed by atoms with E-state index < -0.39 is 23.5 Å². The number of nitrogens with zero attached hydrogens (tertiary/aromatic N) is 3. The van der Waals surface area contributed by atoms with Crippen LogP contribution < -0.4 is 14.5 Å². The Balaban J connectivity index is 0.00000378. The van der Waals surface area contributed by atoms with E-state index in [-0.39, 0.29) is 57.6 Å². The molecule has 2 bridgehead atoms. The number of halogens is 3. The fourth-order valence-corrected chi connectivity index (χ4v) is 8.11. The van der Waals surface area contributed by atoms with E-state index in [1.54, 1.807) is 30.3 Å². The number of carboxylic acid groups (broad SMARTS) is 1. The van der Waals surface area contributed by atoms with Crippen LogP contribution in [-0.2, 0) is 20.8 Å². The lowest BCUT2D eigenvalue weighted by molar-refractivity contribution is -0.290. The third-order valence-corrected chi connectivity index (χ3v) is 10.6. The molecule has 5 aliphatic rings. The summed E-state index contributed by atoms with van der Waals surface area (Å²) in [5, 5.41) is 10.4. The summed E-state index contributed by atoms with van der Waals surface area (Å²) < 4.78 is 39.4. The summed E-state index contributed by atoms with van der Waals surface area (Å²) in [6, 6.07) is 11.5. The smallest absolute Gasteiger partial charge is 0.337 e. The van der Waals surface area contributed by atoms with E-state index in [9.17, 15) is 14.7 Å². The van der Waals surface area contributed by atoms with Crippen LogP contribution in [0.4, 0.5) is 15.8 Å². The number of hydrogen-bond acceptors (Lipinski definition) is 8. The van der Waals surface area contributed by atoms with Crippen LogP contribution in [0.3, 0.4) is 0 Å². The molecule has 0 saturated carbocycles. The minimum atomic E-state index is -1.19. The van der Waals surface area contributed by atoms with Crippen LogP contribution >= 0.6 is 23.2 Å². The van der Waals surface area contributed by atoms with Gasteiger partial charge in [0.05, 0.1) is 85.0 Å². The number of anilines is 2. The summed E-state index contributed by atoms with van der Waals surface area (Å²) in [6.45, 7) is 5.49. The van der Waals surface area contributed by atoms with Gasteiger partial charge >= 0.3 is 5.97 Å². The Bertz CT molecular complexity index is 1770.